The van der Waals surface area contributed by atoms with Gasteiger partial charge in [0.05, 0.1) is 8.07 Å². The lowest BCUT2D eigenvalue weighted by atomic mass is 10.4. The van der Waals surface area contributed by atoms with E-state index in [0.29, 0.717) is 0 Å². The van der Waals surface area contributed by atoms with Gasteiger partial charge >= 0.3 is 0 Å². The number of rotatable bonds is 4. The van der Waals surface area contributed by atoms with Crippen molar-refractivity contribution in [3.8, 4) is 0 Å². The van der Waals surface area contributed by atoms with E-state index in [1.807, 2.05) is 24.8 Å². The van der Waals surface area contributed by atoms with Crippen molar-refractivity contribution < 1.29 is 4.79 Å². The number of benzene rings is 1. The zero-order valence-electron chi connectivity index (χ0n) is 12.0. The molecule has 0 atom stereocenters. The molecule has 100 valence electrons. The molecule has 4 heteroatoms. The minimum absolute atomic E-state index is 0.158. The first-order chi connectivity index (χ1) is 8.40. The summed E-state index contributed by atoms with van der Waals surface area (Å²) in [5.74, 6) is 0. The highest BCUT2D eigenvalue weighted by molar-refractivity contribution is 8.13. The largest absolute Gasteiger partial charge is 0.334 e. The van der Waals surface area contributed by atoms with E-state index in [9.17, 15) is 4.79 Å². The van der Waals surface area contributed by atoms with Gasteiger partial charge in [0.1, 0.15) is 0 Å². The third kappa shape index (κ3) is 3.88. The number of nitrogens with zero attached hydrogens (tertiary/aromatic N) is 1. The molecule has 0 aliphatic heterocycles. The van der Waals surface area contributed by atoms with Crippen LogP contribution in [-0.2, 0) is 0 Å². The van der Waals surface area contributed by atoms with Crippen molar-refractivity contribution in [3.63, 3.8) is 0 Å². The summed E-state index contributed by atoms with van der Waals surface area (Å²) in [6.07, 6.45) is 0. The van der Waals surface area contributed by atoms with Crippen LogP contribution in [-0.4, -0.2) is 31.3 Å². The minimum Gasteiger partial charge on any atom is -0.334 e. The maximum absolute atomic E-state index is 12.2. The molecular formula is C14H23NOSSi. The Bertz CT molecular complexity index is 411. The second-order valence-electron chi connectivity index (χ2n) is 5.29. The van der Waals surface area contributed by atoms with Crippen LogP contribution in [0.15, 0.2) is 29.2 Å². The third-order valence-corrected chi connectivity index (χ3v) is 6.16. The highest BCUT2D eigenvalue weighted by atomic mass is 32.2. The maximum atomic E-state index is 12.2. The normalized spacial score (nSPS) is 11.4. The Balaban J connectivity index is 2.95. The Morgan fingerprint density at radius 1 is 1.17 bits per heavy atom. The molecule has 0 aliphatic carbocycles. The smallest absolute Gasteiger partial charge is 0.286 e. The summed E-state index contributed by atoms with van der Waals surface area (Å²) >= 11 is 1.38. The summed E-state index contributed by atoms with van der Waals surface area (Å²) in [6.45, 7) is 12.5. The summed E-state index contributed by atoms with van der Waals surface area (Å²) < 4.78 is 0. The Morgan fingerprint density at radius 3 is 2.22 bits per heavy atom. The van der Waals surface area contributed by atoms with E-state index in [4.69, 9.17) is 0 Å². The molecule has 0 aromatic heterocycles. The summed E-state index contributed by atoms with van der Waals surface area (Å²) in [6, 6.07) is 8.32. The highest BCUT2D eigenvalue weighted by Gasteiger charge is 2.22. The average Bonchev–Trinajstić information content (AvgIpc) is 2.30. The summed E-state index contributed by atoms with van der Waals surface area (Å²) in [5.41, 5.74) is 0. The van der Waals surface area contributed by atoms with Crippen LogP contribution >= 0.6 is 11.8 Å². The Labute approximate surface area is 116 Å². The lowest BCUT2D eigenvalue weighted by Crippen LogP contribution is -2.39. The zero-order valence-corrected chi connectivity index (χ0v) is 13.8. The fourth-order valence-electron chi connectivity index (χ4n) is 1.82. The number of carbonyl (C=O) groups is 1. The third-order valence-electron chi connectivity index (χ3n) is 2.91. The quantitative estimate of drug-likeness (QED) is 0.618. The molecule has 0 fully saturated rings. The number of carbonyl (C=O) groups excluding carboxylic acids is 1. The lowest BCUT2D eigenvalue weighted by molar-refractivity contribution is 0.228. The summed E-state index contributed by atoms with van der Waals surface area (Å²) in [7, 11) is -1.39. The fourth-order valence-corrected chi connectivity index (χ4v) is 5.21. The van der Waals surface area contributed by atoms with Gasteiger partial charge in [-0.3, -0.25) is 4.79 Å². The van der Waals surface area contributed by atoms with Gasteiger partial charge in [-0.15, -0.1) is 0 Å². The van der Waals surface area contributed by atoms with E-state index in [1.165, 1.54) is 16.9 Å². The number of thioether (sulfide) groups is 1. The van der Waals surface area contributed by atoms with E-state index in [0.717, 1.165) is 18.0 Å². The van der Waals surface area contributed by atoms with Crippen LogP contribution in [0.2, 0.25) is 19.6 Å². The molecule has 1 amide bonds. The second kappa shape index (κ2) is 6.43. The molecule has 0 aliphatic rings. The maximum Gasteiger partial charge on any atom is 0.286 e. The first-order valence-corrected chi connectivity index (χ1v) is 10.8. The lowest BCUT2D eigenvalue weighted by Gasteiger charge is -2.22. The van der Waals surface area contributed by atoms with Crippen molar-refractivity contribution >= 4 is 30.3 Å². The van der Waals surface area contributed by atoms with Crippen molar-refractivity contribution in [2.75, 3.05) is 13.1 Å². The van der Waals surface area contributed by atoms with Crippen LogP contribution in [0.1, 0.15) is 13.8 Å². The van der Waals surface area contributed by atoms with E-state index in [1.54, 1.807) is 0 Å². The van der Waals surface area contributed by atoms with Gasteiger partial charge in [-0.1, -0.05) is 37.8 Å². The highest BCUT2D eigenvalue weighted by Crippen LogP contribution is 2.22. The molecule has 0 saturated heterocycles. The SMILES string of the molecule is CCN(CC)C(=O)Sc1ccccc1[Si](C)(C)C. The molecule has 1 rings (SSSR count). The predicted molar refractivity (Wildman–Crippen MR) is 83.6 cm³/mol. The molecule has 0 heterocycles. The topological polar surface area (TPSA) is 20.3 Å². The van der Waals surface area contributed by atoms with Gasteiger partial charge in [0.25, 0.3) is 5.24 Å². The fraction of sp³-hybridized carbons (Fsp3) is 0.500. The van der Waals surface area contributed by atoms with E-state index in [-0.39, 0.29) is 5.24 Å². The molecule has 0 spiro atoms. The molecule has 0 bridgehead atoms. The van der Waals surface area contributed by atoms with Gasteiger partial charge in [0.15, 0.2) is 0 Å². The van der Waals surface area contributed by atoms with E-state index >= 15 is 0 Å². The summed E-state index contributed by atoms with van der Waals surface area (Å²) in [4.78, 5) is 15.2. The van der Waals surface area contributed by atoms with Crippen LogP contribution in [0.25, 0.3) is 0 Å². The van der Waals surface area contributed by atoms with Crippen LogP contribution in [0.5, 0.6) is 0 Å². The molecule has 18 heavy (non-hydrogen) atoms. The van der Waals surface area contributed by atoms with Crippen molar-refractivity contribution in [2.45, 2.75) is 38.4 Å². The Kier molecular flexibility index (Phi) is 5.47. The minimum atomic E-state index is -1.39. The zero-order chi connectivity index (χ0) is 13.8. The number of hydrogen-bond acceptors (Lipinski definition) is 2. The van der Waals surface area contributed by atoms with Crippen molar-refractivity contribution in [2.24, 2.45) is 0 Å². The van der Waals surface area contributed by atoms with Crippen molar-refractivity contribution in [3.05, 3.63) is 24.3 Å². The summed E-state index contributed by atoms with van der Waals surface area (Å²) in [5, 5.41) is 1.53. The van der Waals surface area contributed by atoms with Gasteiger partial charge in [-0.25, -0.2) is 0 Å². The molecule has 0 unspecified atom stereocenters. The number of amides is 1. The molecule has 1 aromatic rings. The first-order valence-electron chi connectivity index (χ1n) is 6.46. The van der Waals surface area contributed by atoms with Crippen LogP contribution in [0, 0.1) is 0 Å². The van der Waals surface area contributed by atoms with Crippen LogP contribution < -0.4 is 5.19 Å². The van der Waals surface area contributed by atoms with Gasteiger partial charge in [-0.2, -0.15) is 0 Å². The molecule has 1 aromatic carbocycles. The second-order valence-corrected chi connectivity index (χ2v) is 11.3. The predicted octanol–water partition coefficient (Wildman–Crippen LogP) is 3.79. The van der Waals surface area contributed by atoms with Gasteiger partial charge < -0.3 is 4.90 Å². The van der Waals surface area contributed by atoms with Gasteiger partial charge in [0, 0.05) is 18.0 Å². The van der Waals surface area contributed by atoms with E-state index in [2.05, 4.69) is 37.8 Å². The number of hydrogen-bond donors (Lipinski definition) is 0. The average molecular weight is 281 g/mol. The Morgan fingerprint density at radius 2 is 1.72 bits per heavy atom. The standard InChI is InChI=1S/C14H23NOSSi/c1-6-15(7-2)14(16)17-12-10-8-9-11-13(12)18(3,4)5/h8-11H,6-7H2,1-5H3. The Hall–Kier alpha value is -0.743. The van der Waals surface area contributed by atoms with Crippen molar-refractivity contribution in [1.82, 2.24) is 4.90 Å². The molecule has 0 saturated carbocycles. The van der Waals surface area contributed by atoms with Gasteiger partial charge in [0.2, 0.25) is 0 Å². The molecule has 2 nitrogen and oxygen atoms in total. The van der Waals surface area contributed by atoms with Crippen LogP contribution in [0.3, 0.4) is 0 Å². The molecule has 0 radical (unpaired) electrons. The molecule has 0 N–H and O–H groups in total. The monoisotopic (exact) mass is 281 g/mol. The van der Waals surface area contributed by atoms with Gasteiger partial charge in [-0.05, 0) is 36.9 Å². The van der Waals surface area contributed by atoms with Crippen LogP contribution in [0.4, 0.5) is 4.79 Å². The first kappa shape index (κ1) is 15.3. The van der Waals surface area contributed by atoms with E-state index < -0.39 is 8.07 Å². The van der Waals surface area contributed by atoms with Crippen molar-refractivity contribution in [1.29, 1.82) is 0 Å². The molecular weight excluding hydrogens is 258 g/mol.